The Morgan fingerprint density at radius 2 is 1.81 bits per heavy atom. The number of rotatable bonds is 3. The Bertz CT molecular complexity index is 648. The summed E-state index contributed by atoms with van der Waals surface area (Å²) in [6.45, 7) is 2.23. The lowest BCUT2D eigenvalue weighted by Gasteiger charge is -2.34. The van der Waals surface area contributed by atoms with Crippen LogP contribution in [0, 0.1) is 0 Å². The van der Waals surface area contributed by atoms with Gasteiger partial charge in [0.15, 0.2) is 0 Å². The highest BCUT2D eigenvalue weighted by Gasteiger charge is 2.27. The third-order valence-corrected chi connectivity index (χ3v) is 5.13. The van der Waals surface area contributed by atoms with Gasteiger partial charge in [0.05, 0.1) is 6.20 Å². The van der Waals surface area contributed by atoms with Crippen molar-refractivity contribution in [1.82, 2.24) is 15.5 Å². The number of hydrogen-bond donors (Lipinski definition) is 1. The van der Waals surface area contributed by atoms with E-state index in [1.807, 2.05) is 0 Å². The van der Waals surface area contributed by atoms with Gasteiger partial charge in [-0.3, -0.25) is 0 Å². The molecule has 1 saturated carbocycles. The number of anilines is 1. The van der Waals surface area contributed by atoms with Gasteiger partial charge in [0, 0.05) is 40.7 Å². The molecule has 4 nitrogen and oxygen atoms in total. The molecule has 2 heterocycles. The van der Waals surface area contributed by atoms with Gasteiger partial charge < -0.3 is 10.2 Å². The number of benzene rings is 1. The highest BCUT2D eigenvalue weighted by atomic mass is 79.9. The summed E-state index contributed by atoms with van der Waals surface area (Å²) in [6.07, 6.45) is 6.98. The SMILES string of the molecule is Brc1ccc(N2CCC(NC3CC3)CC2)c2ccnnc12. The molecule has 0 amide bonds. The molecule has 4 rings (SSSR count). The number of piperidine rings is 1. The van der Waals surface area contributed by atoms with E-state index in [0.29, 0.717) is 6.04 Å². The first-order valence-electron chi connectivity index (χ1n) is 7.72. The maximum Gasteiger partial charge on any atom is 0.109 e. The van der Waals surface area contributed by atoms with E-state index in [1.165, 1.54) is 36.8 Å². The fourth-order valence-corrected chi connectivity index (χ4v) is 3.61. The monoisotopic (exact) mass is 346 g/mol. The van der Waals surface area contributed by atoms with Gasteiger partial charge >= 0.3 is 0 Å². The summed E-state index contributed by atoms with van der Waals surface area (Å²) < 4.78 is 1.01. The van der Waals surface area contributed by atoms with E-state index in [9.17, 15) is 0 Å². The molecule has 1 saturated heterocycles. The molecule has 0 spiro atoms. The van der Waals surface area contributed by atoms with Crippen LogP contribution in [-0.2, 0) is 0 Å². The molecule has 2 fully saturated rings. The van der Waals surface area contributed by atoms with Crippen LogP contribution in [0.2, 0.25) is 0 Å². The lowest BCUT2D eigenvalue weighted by Crippen LogP contribution is -2.43. The number of nitrogens with one attached hydrogen (secondary N) is 1. The number of aromatic nitrogens is 2. The van der Waals surface area contributed by atoms with Gasteiger partial charge in [-0.15, -0.1) is 5.10 Å². The minimum Gasteiger partial charge on any atom is -0.371 e. The second kappa shape index (κ2) is 5.54. The molecular formula is C16H19BrN4. The second-order valence-corrected chi connectivity index (χ2v) is 6.92. The standard InChI is InChI=1S/C16H19BrN4/c17-14-3-4-15(13-5-8-18-20-16(13)14)21-9-6-12(7-10-21)19-11-1-2-11/h3-5,8,11-12,19H,1-2,6-7,9-10H2. The minimum atomic E-state index is 0.704. The Morgan fingerprint density at radius 1 is 1.05 bits per heavy atom. The van der Waals surface area contributed by atoms with Crippen molar-refractivity contribution in [3.8, 4) is 0 Å². The van der Waals surface area contributed by atoms with Crippen LogP contribution in [0.5, 0.6) is 0 Å². The summed E-state index contributed by atoms with van der Waals surface area (Å²) in [5.74, 6) is 0. The number of hydrogen-bond acceptors (Lipinski definition) is 4. The van der Waals surface area contributed by atoms with E-state index in [2.05, 4.69) is 54.5 Å². The van der Waals surface area contributed by atoms with Crippen molar-refractivity contribution in [2.75, 3.05) is 18.0 Å². The van der Waals surface area contributed by atoms with Crippen molar-refractivity contribution in [3.05, 3.63) is 28.9 Å². The lowest BCUT2D eigenvalue weighted by atomic mass is 10.0. The predicted octanol–water partition coefficient (Wildman–Crippen LogP) is 3.11. The van der Waals surface area contributed by atoms with Crippen LogP contribution in [0.25, 0.3) is 10.9 Å². The number of halogens is 1. The van der Waals surface area contributed by atoms with E-state index in [1.54, 1.807) is 6.20 Å². The van der Waals surface area contributed by atoms with Crippen molar-refractivity contribution in [1.29, 1.82) is 0 Å². The third-order valence-electron chi connectivity index (χ3n) is 4.49. The Labute approximate surface area is 133 Å². The minimum absolute atomic E-state index is 0.704. The summed E-state index contributed by atoms with van der Waals surface area (Å²) in [5, 5.41) is 13.2. The zero-order valence-electron chi connectivity index (χ0n) is 11.9. The highest BCUT2D eigenvalue weighted by molar-refractivity contribution is 9.10. The molecule has 1 aromatic heterocycles. The van der Waals surface area contributed by atoms with Gasteiger partial charge in [0.1, 0.15) is 5.52 Å². The zero-order chi connectivity index (χ0) is 14.2. The van der Waals surface area contributed by atoms with Crippen LogP contribution in [0.15, 0.2) is 28.9 Å². The number of fused-ring (bicyclic) bond motifs is 1. The molecule has 0 radical (unpaired) electrons. The largest absolute Gasteiger partial charge is 0.371 e. The van der Waals surface area contributed by atoms with E-state index >= 15 is 0 Å². The van der Waals surface area contributed by atoms with Crippen molar-refractivity contribution in [2.24, 2.45) is 0 Å². The highest BCUT2D eigenvalue weighted by Crippen LogP contribution is 2.32. The summed E-state index contributed by atoms with van der Waals surface area (Å²) >= 11 is 3.57. The average Bonchev–Trinajstić information content (AvgIpc) is 3.33. The van der Waals surface area contributed by atoms with Crippen molar-refractivity contribution in [2.45, 2.75) is 37.8 Å². The first kappa shape index (κ1) is 13.5. The average molecular weight is 347 g/mol. The predicted molar refractivity (Wildman–Crippen MR) is 88.6 cm³/mol. The molecular weight excluding hydrogens is 328 g/mol. The Balaban J connectivity index is 1.55. The molecule has 0 unspecified atom stereocenters. The number of nitrogens with zero attached hydrogens (tertiary/aromatic N) is 3. The molecule has 1 aliphatic carbocycles. The molecule has 110 valence electrons. The van der Waals surface area contributed by atoms with E-state index in [4.69, 9.17) is 0 Å². The van der Waals surface area contributed by atoms with Crippen LogP contribution in [0.1, 0.15) is 25.7 Å². The van der Waals surface area contributed by atoms with Gasteiger partial charge in [-0.2, -0.15) is 5.10 Å². The van der Waals surface area contributed by atoms with Gasteiger partial charge in [-0.1, -0.05) is 0 Å². The third kappa shape index (κ3) is 2.77. The topological polar surface area (TPSA) is 41.0 Å². The second-order valence-electron chi connectivity index (χ2n) is 6.06. The van der Waals surface area contributed by atoms with Crippen molar-refractivity contribution >= 4 is 32.5 Å². The fourth-order valence-electron chi connectivity index (χ4n) is 3.18. The van der Waals surface area contributed by atoms with E-state index in [0.717, 1.165) is 29.1 Å². The normalized spacial score (nSPS) is 20.1. The van der Waals surface area contributed by atoms with Gasteiger partial charge in [-0.05, 0) is 59.8 Å². The molecule has 1 aliphatic heterocycles. The maximum atomic E-state index is 4.26. The Kier molecular flexibility index (Phi) is 3.55. The molecule has 1 aromatic carbocycles. The van der Waals surface area contributed by atoms with Crippen LogP contribution in [0.3, 0.4) is 0 Å². The molecule has 0 bridgehead atoms. The lowest BCUT2D eigenvalue weighted by molar-refractivity contribution is 0.413. The Morgan fingerprint density at radius 3 is 2.57 bits per heavy atom. The van der Waals surface area contributed by atoms with E-state index in [-0.39, 0.29) is 0 Å². The fraction of sp³-hybridized carbons (Fsp3) is 0.500. The quantitative estimate of drug-likeness (QED) is 0.926. The first-order chi connectivity index (χ1) is 10.3. The molecule has 2 aromatic rings. The molecule has 1 N–H and O–H groups in total. The summed E-state index contributed by atoms with van der Waals surface area (Å²) in [5.41, 5.74) is 2.24. The smallest absolute Gasteiger partial charge is 0.109 e. The summed E-state index contributed by atoms with van der Waals surface area (Å²) in [4.78, 5) is 2.49. The van der Waals surface area contributed by atoms with Gasteiger partial charge in [0.2, 0.25) is 0 Å². The van der Waals surface area contributed by atoms with Crippen LogP contribution >= 0.6 is 15.9 Å². The first-order valence-corrected chi connectivity index (χ1v) is 8.51. The zero-order valence-corrected chi connectivity index (χ0v) is 13.5. The van der Waals surface area contributed by atoms with Crippen LogP contribution in [-0.4, -0.2) is 35.4 Å². The molecule has 21 heavy (non-hydrogen) atoms. The molecule has 0 atom stereocenters. The van der Waals surface area contributed by atoms with Crippen molar-refractivity contribution < 1.29 is 0 Å². The maximum absolute atomic E-state index is 4.26. The van der Waals surface area contributed by atoms with Crippen molar-refractivity contribution in [3.63, 3.8) is 0 Å². The molecule has 2 aliphatic rings. The van der Waals surface area contributed by atoms with Crippen LogP contribution in [0.4, 0.5) is 5.69 Å². The van der Waals surface area contributed by atoms with E-state index < -0.39 is 0 Å². The van der Waals surface area contributed by atoms with Crippen LogP contribution < -0.4 is 10.2 Å². The Hall–Kier alpha value is -1.20. The summed E-state index contributed by atoms with van der Waals surface area (Å²) in [7, 11) is 0. The summed E-state index contributed by atoms with van der Waals surface area (Å²) in [6, 6.07) is 7.86. The van der Waals surface area contributed by atoms with Gasteiger partial charge in [-0.25, -0.2) is 0 Å². The molecule has 5 heteroatoms. The van der Waals surface area contributed by atoms with Gasteiger partial charge in [0.25, 0.3) is 0 Å².